The van der Waals surface area contributed by atoms with Crippen molar-refractivity contribution in [3.63, 3.8) is 0 Å². The maximum Gasteiger partial charge on any atom is 0.190 e. The molecular formula is C21H26Br2O5. The van der Waals surface area contributed by atoms with Crippen LogP contribution in [-0.2, 0) is 9.59 Å². The molecule has 0 saturated heterocycles. The first-order valence-electron chi connectivity index (χ1n) is 9.79. The molecule has 4 aliphatic rings. The van der Waals surface area contributed by atoms with E-state index in [9.17, 15) is 24.9 Å². The minimum atomic E-state index is -1.62. The average Bonchev–Trinajstić information content (AvgIpc) is 2.91. The maximum absolute atomic E-state index is 12.5. The highest BCUT2D eigenvalue weighted by atomic mass is 79.9. The van der Waals surface area contributed by atoms with Crippen LogP contribution in [0.25, 0.3) is 0 Å². The number of ketones is 2. The summed E-state index contributed by atoms with van der Waals surface area (Å²) in [7, 11) is 0. The molecule has 154 valence electrons. The van der Waals surface area contributed by atoms with Gasteiger partial charge in [0.05, 0.1) is 6.10 Å². The van der Waals surface area contributed by atoms with Gasteiger partial charge in [0.15, 0.2) is 11.6 Å². The zero-order chi connectivity index (χ0) is 20.6. The van der Waals surface area contributed by atoms with E-state index in [0.717, 1.165) is 5.57 Å². The maximum atomic E-state index is 12.5. The van der Waals surface area contributed by atoms with E-state index >= 15 is 0 Å². The molecule has 0 aromatic carbocycles. The lowest BCUT2D eigenvalue weighted by Crippen LogP contribution is -2.65. The van der Waals surface area contributed by atoms with Gasteiger partial charge in [-0.2, -0.15) is 0 Å². The number of aliphatic hydroxyl groups excluding tert-OH is 2. The molecule has 0 aliphatic heterocycles. The largest absolute Gasteiger partial charge is 0.393 e. The van der Waals surface area contributed by atoms with Crippen molar-refractivity contribution in [2.45, 2.75) is 54.5 Å². The van der Waals surface area contributed by atoms with Gasteiger partial charge in [-0.3, -0.25) is 9.59 Å². The highest BCUT2D eigenvalue weighted by Crippen LogP contribution is 2.68. The van der Waals surface area contributed by atoms with Crippen LogP contribution in [-0.4, -0.2) is 54.9 Å². The van der Waals surface area contributed by atoms with Gasteiger partial charge < -0.3 is 15.3 Å². The molecule has 0 aromatic rings. The number of allylic oxidation sites excluding steroid dienone is 4. The molecule has 3 fully saturated rings. The minimum absolute atomic E-state index is 0.00125. The molecule has 7 heteroatoms. The van der Waals surface area contributed by atoms with Crippen molar-refractivity contribution >= 4 is 43.4 Å². The number of rotatable bonds is 2. The number of hydrogen-bond acceptors (Lipinski definition) is 5. The molecule has 0 heterocycles. The van der Waals surface area contributed by atoms with Crippen LogP contribution in [0.1, 0.15) is 33.1 Å². The molecule has 5 nitrogen and oxygen atoms in total. The Labute approximate surface area is 181 Å². The number of halogens is 2. The highest BCUT2D eigenvalue weighted by Gasteiger charge is 2.70. The lowest BCUT2D eigenvalue weighted by atomic mass is 9.46. The molecule has 0 aromatic heterocycles. The fourth-order valence-corrected chi connectivity index (χ4v) is 8.80. The second-order valence-corrected chi connectivity index (χ2v) is 11.4. The molecule has 3 N–H and O–H groups in total. The SMILES string of the molecule is C[C@]12C=CC(=O)C=C1C(Br)C(Br)[C@@H]1[C@@H]2C(O)C[C@@]2(C)[C@H]1CC[C@]2(O)C(=O)CO. The fourth-order valence-electron chi connectivity index (χ4n) is 6.84. The molecule has 0 amide bonds. The average molecular weight is 518 g/mol. The lowest BCUT2D eigenvalue weighted by molar-refractivity contribution is -0.177. The Hall–Kier alpha value is -0.340. The van der Waals surface area contributed by atoms with E-state index in [1.165, 1.54) is 0 Å². The van der Waals surface area contributed by atoms with Gasteiger partial charge in [0.1, 0.15) is 12.2 Å². The third-order valence-corrected chi connectivity index (χ3v) is 11.2. The molecule has 9 atom stereocenters. The summed E-state index contributed by atoms with van der Waals surface area (Å²) in [4.78, 5) is 24.4. The van der Waals surface area contributed by atoms with Gasteiger partial charge >= 0.3 is 0 Å². The van der Waals surface area contributed by atoms with Crippen LogP contribution in [0.4, 0.5) is 0 Å². The number of carbonyl (C=O) groups is 2. The van der Waals surface area contributed by atoms with Gasteiger partial charge in [0, 0.05) is 26.4 Å². The highest BCUT2D eigenvalue weighted by molar-refractivity contribution is 9.12. The van der Waals surface area contributed by atoms with Gasteiger partial charge in [-0.05, 0) is 48.8 Å². The second-order valence-electron chi connectivity index (χ2n) is 9.34. The van der Waals surface area contributed by atoms with Crippen molar-refractivity contribution in [3.8, 4) is 0 Å². The summed E-state index contributed by atoms with van der Waals surface area (Å²) in [6.45, 7) is 3.25. The molecular weight excluding hydrogens is 492 g/mol. The topological polar surface area (TPSA) is 94.8 Å². The number of aliphatic hydroxyl groups is 3. The zero-order valence-corrected chi connectivity index (χ0v) is 19.1. The molecule has 3 saturated carbocycles. The molecule has 0 radical (unpaired) electrons. The van der Waals surface area contributed by atoms with Gasteiger partial charge in [0.25, 0.3) is 0 Å². The van der Waals surface area contributed by atoms with Crippen LogP contribution < -0.4 is 0 Å². The van der Waals surface area contributed by atoms with Gasteiger partial charge in [0.2, 0.25) is 0 Å². The van der Waals surface area contributed by atoms with Crippen molar-refractivity contribution in [2.75, 3.05) is 6.61 Å². The monoisotopic (exact) mass is 516 g/mol. The number of fused-ring (bicyclic) bond motifs is 5. The summed E-state index contributed by atoms with van der Waals surface area (Å²) in [6, 6.07) is 0. The zero-order valence-electron chi connectivity index (χ0n) is 15.9. The summed E-state index contributed by atoms with van der Waals surface area (Å²) >= 11 is 7.60. The van der Waals surface area contributed by atoms with Crippen LogP contribution in [0.15, 0.2) is 23.8 Å². The van der Waals surface area contributed by atoms with Gasteiger partial charge in [-0.25, -0.2) is 0 Å². The molecule has 0 bridgehead atoms. The Bertz CT molecular complexity index is 794. The number of alkyl halides is 2. The standard InChI is InChI=1S/C21H26Br2O5/c1-19-5-3-10(25)7-12(19)17(22)18(23)15-11-4-6-21(28,14(27)9-24)20(11,2)8-13(26)16(15)19/h3,5,7,11,13,15-18,24,26,28H,4,6,8-9H2,1-2H3/t11-,13?,15-,16-,17?,18?,19-,20-,21-/m0/s1. The van der Waals surface area contributed by atoms with E-state index in [1.54, 1.807) is 12.2 Å². The van der Waals surface area contributed by atoms with Crippen molar-refractivity contribution in [1.29, 1.82) is 0 Å². The molecule has 4 aliphatic carbocycles. The minimum Gasteiger partial charge on any atom is -0.393 e. The smallest absolute Gasteiger partial charge is 0.190 e. The summed E-state index contributed by atoms with van der Waals surface area (Å²) in [5.74, 6) is -0.732. The summed E-state index contributed by atoms with van der Waals surface area (Å²) in [6.07, 6.45) is 5.67. The van der Waals surface area contributed by atoms with Crippen LogP contribution in [0.2, 0.25) is 0 Å². The number of Topliss-reactive ketones (excluding diaryl/α,β-unsaturated/α-hetero) is 1. The van der Waals surface area contributed by atoms with E-state index < -0.39 is 34.9 Å². The van der Waals surface area contributed by atoms with E-state index in [1.807, 2.05) is 13.0 Å². The lowest BCUT2D eigenvalue weighted by Gasteiger charge is -2.62. The Kier molecular flexibility index (Phi) is 4.91. The van der Waals surface area contributed by atoms with Crippen LogP contribution in [0.3, 0.4) is 0 Å². The summed E-state index contributed by atoms with van der Waals surface area (Å²) in [5.41, 5.74) is -1.94. The second kappa shape index (κ2) is 6.58. The normalized spacial score (nSPS) is 52.5. The predicted molar refractivity (Wildman–Crippen MR) is 111 cm³/mol. The van der Waals surface area contributed by atoms with Crippen molar-refractivity contribution in [2.24, 2.45) is 28.6 Å². The van der Waals surface area contributed by atoms with E-state index in [-0.39, 0.29) is 33.2 Å². The van der Waals surface area contributed by atoms with Crippen molar-refractivity contribution < 1.29 is 24.9 Å². The van der Waals surface area contributed by atoms with Crippen LogP contribution in [0.5, 0.6) is 0 Å². The molecule has 4 rings (SSSR count). The van der Waals surface area contributed by atoms with E-state index in [2.05, 4.69) is 38.8 Å². The Morgan fingerprint density at radius 2 is 2.00 bits per heavy atom. The third kappa shape index (κ3) is 2.46. The first-order chi connectivity index (χ1) is 13.0. The molecule has 28 heavy (non-hydrogen) atoms. The Morgan fingerprint density at radius 1 is 1.32 bits per heavy atom. The molecule has 3 unspecified atom stereocenters. The van der Waals surface area contributed by atoms with Crippen LogP contribution in [0, 0.1) is 28.6 Å². The summed E-state index contributed by atoms with van der Waals surface area (Å²) < 4.78 is 0. The first-order valence-corrected chi connectivity index (χ1v) is 11.6. The third-order valence-electron chi connectivity index (χ3n) is 8.26. The van der Waals surface area contributed by atoms with E-state index in [0.29, 0.717) is 19.3 Å². The predicted octanol–water partition coefficient (Wildman–Crippen LogP) is 2.30. The molecule has 0 spiro atoms. The Morgan fingerprint density at radius 3 is 2.64 bits per heavy atom. The first kappa shape index (κ1) is 20.9. The van der Waals surface area contributed by atoms with Gasteiger partial charge in [-0.1, -0.05) is 51.8 Å². The quantitative estimate of drug-likeness (QED) is 0.488. The fraction of sp³-hybridized carbons (Fsp3) is 0.714. The van der Waals surface area contributed by atoms with Crippen molar-refractivity contribution in [3.05, 3.63) is 23.8 Å². The summed E-state index contributed by atoms with van der Waals surface area (Å²) in [5, 5.41) is 32.0. The number of carbonyl (C=O) groups excluding carboxylic acids is 2. The van der Waals surface area contributed by atoms with Gasteiger partial charge in [-0.15, -0.1) is 0 Å². The van der Waals surface area contributed by atoms with Crippen molar-refractivity contribution in [1.82, 2.24) is 0 Å². The van der Waals surface area contributed by atoms with Crippen LogP contribution >= 0.6 is 31.9 Å². The van der Waals surface area contributed by atoms with E-state index in [4.69, 9.17) is 0 Å². The number of hydrogen-bond donors (Lipinski definition) is 3. The Balaban J connectivity index is 1.83.